The topological polar surface area (TPSA) is 519 Å². The van der Waals surface area contributed by atoms with Gasteiger partial charge in [0, 0.05) is 48.9 Å². The molecule has 1 aromatic carbocycles. The summed E-state index contributed by atoms with van der Waals surface area (Å²) in [6, 6.07) is 3.84. The summed E-state index contributed by atoms with van der Waals surface area (Å²) in [5.41, 5.74) is 9.93. The first kappa shape index (κ1) is 95.5. The van der Waals surface area contributed by atoms with Gasteiger partial charge in [0.2, 0.25) is 5.91 Å². The van der Waals surface area contributed by atoms with E-state index in [-0.39, 0.29) is 137 Å². The normalized spacial score (nSPS) is 17.0. The maximum atomic E-state index is 13.6. The Balaban J connectivity index is 0.000000295. The number of carbonyl (C=O) groups excluding carboxylic acids is 9. The minimum absolute atomic E-state index is 0.0151. The molecular formula is C75H110BN19O21. The van der Waals surface area contributed by atoms with Crippen LogP contribution in [0.2, 0.25) is 6.32 Å². The van der Waals surface area contributed by atoms with E-state index in [1.54, 1.807) is 85.8 Å². The van der Waals surface area contributed by atoms with Crippen molar-refractivity contribution in [3.8, 4) is 5.75 Å². The van der Waals surface area contributed by atoms with Crippen LogP contribution in [0.25, 0.3) is 10.4 Å². The summed E-state index contributed by atoms with van der Waals surface area (Å²) in [5, 5.41) is 66.0. The van der Waals surface area contributed by atoms with Gasteiger partial charge in [-0.1, -0.05) is 51.1 Å². The number of carbonyl (C=O) groups is 11. The van der Waals surface area contributed by atoms with Gasteiger partial charge in [-0.15, -0.1) is 25.5 Å². The van der Waals surface area contributed by atoms with Crippen molar-refractivity contribution >= 4 is 72.0 Å². The molecule has 5 fully saturated rings. The third-order valence-electron chi connectivity index (χ3n) is 17.3. The lowest BCUT2D eigenvalue weighted by atomic mass is 9.43. The van der Waals surface area contributed by atoms with Crippen molar-refractivity contribution in [2.45, 2.75) is 269 Å². The van der Waals surface area contributed by atoms with Crippen molar-refractivity contribution in [2.24, 2.45) is 22.4 Å². The van der Waals surface area contributed by atoms with Crippen molar-refractivity contribution in [3.05, 3.63) is 98.7 Å². The number of likely N-dealkylation sites (tertiary alicyclic amines) is 1. The Morgan fingerprint density at radius 2 is 0.974 bits per heavy atom. The van der Waals surface area contributed by atoms with Gasteiger partial charge in [-0.3, -0.25) is 47.9 Å². The lowest BCUT2D eigenvalue weighted by Gasteiger charge is -2.64. The number of benzene rings is 1. The van der Waals surface area contributed by atoms with Gasteiger partial charge >= 0.3 is 42.9 Å². The van der Waals surface area contributed by atoms with E-state index in [1.807, 2.05) is 39.8 Å². The number of aryl methyl sites for hydroxylation is 1. The number of Topliss-reactive ketones (excluding diaryl/α,β-unsaturated/α-hetero) is 4. The maximum absolute atomic E-state index is 13.6. The van der Waals surface area contributed by atoms with Gasteiger partial charge in [0.25, 0.3) is 0 Å². The molecule has 3 aliphatic carbocycles. The van der Waals surface area contributed by atoms with Gasteiger partial charge in [0.05, 0.1) is 85.5 Å². The highest BCUT2D eigenvalue weighted by molar-refractivity contribution is 6.45. The highest BCUT2D eigenvalue weighted by Crippen LogP contribution is 2.66. The van der Waals surface area contributed by atoms with Crippen LogP contribution in [0.3, 0.4) is 0 Å². The first-order chi connectivity index (χ1) is 53.8. The summed E-state index contributed by atoms with van der Waals surface area (Å²) in [5.74, 6) is -2.25. The van der Waals surface area contributed by atoms with Gasteiger partial charge in [-0.25, -0.2) is 28.2 Å². The van der Waals surface area contributed by atoms with Gasteiger partial charge in [-0.2, -0.15) is 0 Å². The maximum Gasteiger partial charge on any atom is 0.457 e. The molecule has 2 bridgehead atoms. The molecule has 3 N–H and O–H groups in total. The number of ketones is 4. The molecular weight excluding hydrogens is 1510 g/mol. The number of nitrogens with zero attached hydrogens (tertiary/aromatic N) is 19. The molecule has 4 atom stereocenters. The van der Waals surface area contributed by atoms with Crippen molar-refractivity contribution in [3.63, 3.8) is 0 Å². The minimum Gasteiger partial charge on any atom is -0.486 e. The number of amides is 1. The summed E-state index contributed by atoms with van der Waals surface area (Å²) < 4.78 is 47.6. The number of aliphatic hydroxyl groups is 1. The number of azide groups is 1. The Bertz CT molecular complexity index is 4340. The van der Waals surface area contributed by atoms with E-state index in [0.717, 1.165) is 22.2 Å². The van der Waals surface area contributed by atoms with Gasteiger partial charge in [0.1, 0.15) is 78.3 Å². The van der Waals surface area contributed by atoms with Crippen LogP contribution in [0, 0.1) is 24.2 Å². The fourth-order valence-electron chi connectivity index (χ4n) is 12.5. The molecule has 2 saturated heterocycles. The standard InChI is InChI=1S/C37H53BN4O8.C11H17N3O3.C10H15N3O4.C7H9N3O3.C7H11N3O2.C3H5N3O/c1-22-23(13-14-38-49-29-16-24-15-28(36(24,8)9)37(29,10)50-38)11-12-27(32(22)33(45)48-35(5,6)7)46-26-19-41(20-26)30(43)21-42-18-25(39-40-42)17-31(44)47-34(2,3)4;1-8(15)6-14-7-9(12-13-14)5-10(16)17-11(2,3)4;1-10(2,3)17-9(16)4-7-5-13(12-11-7)6-8(14)15;1-5(11)3-10-4-6(8-9-10)2-7(12)13;1-6(12)4-10-5-7(2-3-11)8-9-10;1-3(7)2-5-6-4/h11-12,18,24,26,28-29H,13-17,19-21H2,1-10H3;7H,5-6H2,1-4H3;5H,4,6H2,1-3H3,(H,14,15);4H,2-3H2,1H3,(H,12,13);5,11H,2-4H2,1H3;2H2,1H3/t24-,28-,29+,37-;;;;;/m0...../s1. The minimum atomic E-state index is -1.02. The number of aliphatic carboxylic acids is 2. The molecule has 0 spiro atoms. The van der Waals surface area contributed by atoms with Crippen LogP contribution in [0.5, 0.6) is 5.75 Å². The van der Waals surface area contributed by atoms with Crippen LogP contribution in [0.15, 0.2) is 48.2 Å². The summed E-state index contributed by atoms with van der Waals surface area (Å²) >= 11 is 0. The number of carboxylic acids is 2. The number of esters is 4. The molecule has 2 aliphatic heterocycles. The SMILES string of the molecule is CC(=O)CN=[N+]=[N-].CC(=O)Cn1cc(CC(=O)O)nn1.CC(=O)Cn1cc(CC(=O)OC(C)(C)C)nn1.CC(=O)Cn1cc(CCO)nn1.CC(C)(C)OC(=O)Cc1cn(CC(=O)O)nn1.Cc1c(CCB2O[C@@H]3C[C@@H]4C[C@@H](C4(C)C)[C@]3(C)O2)ccc(OC2CN(C(=O)Cn3cc(CC(=O)OC(C)(C)C)nn3)C2)c1C(=O)OC(C)(C)C. The first-order valence-corrected chi connectivity index (χ1v) is 37.6. The fraction of sp³-hybridized carbons (Fsp3) is 0.640. The number of aliphatic hydroxyl groups excluding tert-OH is 1. The Labute approximate surface area is 672 Å². The van der Waals surface area contributed by atoms with E-state index >= 15 is 0 Å². The number of aromatic nitrogens is 15. The molecule has 41 heteroatoms. The van der Waals surface area contributed by atoms with Gasteiger partial charge in [-0.05, 0) is 190 Å². The summed E-state index contributed by atoms with van der Waals surface area (Å²) in [6.07, 6.45) is 11.5. The Morgan fingerprint density at radius 1 is 0.560 bits per heavy atom. The van der Waals surface area contributed by atoms with Crippen molar-refractivity contribution in [1.29, 1.82) is 0 Å². The second-order valence-corrected chi connectivity index (χ2v) is 33.2. The van der Waals surface area contributed by atoms with Gasteiger partial charge < -0.3 is 53.2 Å². The largest absolute Gasteiger partial charge is 0.486 e. The average molecular weight is 1620 g/mol. The molecule has 634 valence electrons. The number of ether oxygens (including phenoxy) is 5. The van der Waals surface area contributed by atoms with E-state index in [0.29, 0.717) is 83.9 Å². The van der Waals surface area contributed by atoms with E-state index in [4.69, 9.17) is 53.8 Å². The smallest absolute Gasteiger partial charge is 0.457 e. The summed E-state index contributed by atoms with van der Waals surface area (Å²) in [7, 11) is -0.284. The second-order valence-electron chi connectivity index (χ2n) is 33.2. The lowest BCUT2D eigenvalue weighted by Crippen LogP contribution is -2.65. The molecule has 5 aliphatic rings. The van der Waals surface area contributed by atoms with E-state index in [2.05, 4.69) is 82.4 Å². The molecule has 0 unspecified atom stereocenters. The van der Waals surface area contributed by atoms with Crippen LogP contribution >= 0.6 is 0 Å². The molecule has 5 aromatic heterocycles. The number of rotatable bonds is 28. The van der Waals surface area contributed by atoms with Gasteiger partial charge in [0.15, 0.2) is 17.3 Å². The zero-order valence-corrected chi connectivity index (χ0v) is 69.8. The van der Waals surface area contributed by atoms with E-state index < -0.39 is 52.3 Å². The summed E-state index contributed by atoms with van der Waals surface area (Å²) in [6.45, 7) is 37.3. The Kier molecular flexibility index (Phi) is 34.6. The predicted molar refractivity (Wildman–Crippen MR) is 411 cm³/mol. The van der Waals surface area contributed by atoms with E-state index in [1.165, 1.54) is 65.2 Å². The Morgan fingerprint density at radius 3 is 1.35 bits per heavy atom. The zero-order valence-electron chi connectivity index (χ0n) is 69.8. The average Bonchev–Trinajstić information content (AvgIpc) is 1.41. The van der Waals surface area contributed by atoms with Crippen LogP contribution in [-0.2, 0) is 147 Å². The number of hydrogen-bond donors (Lipinski definition) is 3. The zero-order chi connectivity index (χ0) is 87.0. The van der Waals surface area contributed by atoms with E-state index in [9.17, 15) is 52.7 Å². The lowest BCUT2D eigenvalue weighted by molar-refractivity contribution is -0.199. The Hall–Kier alpha value is -11.1. The molecule has 1 amide bonds. The quantitative estimate of drug-likeness (QED) is 0.0131. The van der Waals surface area contributed by atoms with Crippen molar-refractivity contribution < 1.29 is 101 Å². The predicted octanol–water partition coefficient (Wildman–Crippen LogP) is 5.77. The highest BCUT2D eigenvalue weighted by Gasteiger charge is 2.67. The molecule has 11 rings (SSSR count). The van der Waals surface area contributed by atoms with Crippen LogP contribution < -0.4 is 4.74 Å². The second kappa shape index (κ2) is 42.0. The van der Waals surface area contributed by atoms with Crippen LogP contribution in [0.4, 0.5) is 0 Å². The van der Waals surface area contributed by atoms with Crippen molar-refractivity contribution in [1.82, 2.24) is 79.9 Å². The molecule has 3 saturated carbocycles. The molecule has 40 nitrogen and oxygen atoms in total. The number of hydrogen-bond acceptors (Lipinski definition) is 30. The third kappa shape index (κ3) is 33.0. The van der Waals surface area contributed by atoms with Crippen LogP contribution in [0.1, 0.15) is 194 Å². The summed E-state index contributed by atoms with van der Waals surface area (Å²) in [4.78, 5) is 128. The highest BCUT2D eigenvalue weighted by atomic mass is 16.7. The molecule has 6 aromatic rings. The van der Waals surface area contributed by atoms with Crippen LogP contribution in [-0.4, -0.2) is 234 Å². The fourth-order valence-corrected chi connectivity index (χ4v) is 12.5. The number of carboxylic acid groups (broad SMARTS) is 2. The molecule has 0 radical (unpaired) electrons. The third-order valence-corrected chi connectivity index (χ3v) is 17.3. The first-order valence-electron chi connectivity index (χ1n) is 37.6. The molecule has 116 heavy (non-hydrogen) atoms. The van der Waals surface area contributed by atoms with Crippen molar-refractivity contribution in [2.75, 3.05) is 26.2 Å². The monoisotopic (exact) mass is 1620 g/mol. The molecule has 7 heterocycles.